The zero-order valence-electron chi connectivity index (χ0n) is 12.4. The van der Waals surface area contributed by atoms with E-state index in [1.54, 1.807) is 23.7 Å². The molecule has 0 aliphatic carbocycles. The van der Waals surface area contributed by atoms with E-state index in [2.05, 4.69) is 27.2 Å². The number of hydrogen-bond acceptors (Lipinski definition) is 5. The molecule has 1 aliphatic heterocycles. The summed E-state index contributed by atoms with van der Waals surface area (Å²) in [6.07, 6.45) is 6.03. The average molecular weight is 303 g/mol. The summed E-state index contributed by atoms with van der Waals surface area (Å²) in [5, 5.41) is 3.33. The second-order valence-electron chi connectivity index (χ2n) is 5.60. The van der Waals surface area contributed by atoms with Crippen molar-refractivity contribution in [2.24, 2.45) is 5.92 Å². The van der Waals surface area contributed by atoms with Crippen LogP contribution in [0.3, 0.4) is 0 Å². The van der Waals surface area contributed by atoms with E-state index < -0.39 is 0 Å². The summed E-state index contributed by atoms with van der Waals surface area (Å²) < 4.78 is 5.87. The van der Waals surface area contributed by atoms with Gasteiger partial charge in [-0.25, -0.2) is 4.98 Å². The molecule has 4 nitrogen and oxygen atoms in total. The summed E-state index contributed by atoms with van der Waals surface area (Å²) in [6.45, 7) is 6.09. The van der Waals surface area contributed by atoms with Crippen LogP contribution in [-0.2, 0) is 6.54 Å². The maximum absolute atomic E-state index is 5.87. The molecule has 0 bridgehead atoms. The van der Waals surface area contributed by atoms with Crippen LogP contribution in [0.15, 0.2) is 29.9 Å². The van der Waals surface area contributed by atoms with E-state index in [4.69, 9.17) is 4.74 Å². The summed E-state index contributed by atoms with van der Waals surface area (Å²) in [7, 11) is 0. The van der Waals surface area contributed by atoms with Crippen LogP contribution in [0.1, 0.15) is 23.5 Å². The molecule has 0 aromatic carbocycles. The van der Waals surface area contributed by atoms with E-state index in [1.807, 2.05) is 12.1 Å². The lowest BCUT2D eigenvalue weighted by atomic mass is 9.99. The van der Waals surface area contributed by atoms with Gasteiger partial charge in [0.05, 0.1) is 17.3 Å². The topological polar surface area (TPSA) is 38.2 Å². The Morgan fingerprint density at radius 3 is 3.00 bits per heavy atom. The SMILES string of the molecule is Cc1nc(CN2CCCC(COc3ccncc3)C2)cs1. The lowest BCUT2D eigenvalue weighted by Gasteiger charge is -2.32. The van der Waals surface area contributed by atoms with Crippen LogP contribution in [0, 0.1) is 12.8 Å². The maximum atomic E-state index is 5.87. The molecular weight excluding hydrogens is 282 g/mol. The van der Waals surface area contributed by atoms with Crippen molar-refractivity contribution >= 4 is 11.3 Å². The lowest BCUT2D eigenvalue weighted by Crippen LogP contribution is -2.37. The van der Waals surface area contributed by atoms with Gasteiger partial charge in [0, 0.05) is 36.8 Å². The van der Waals surface area contributed by atoms with E-state index in [0.717, 1.165) is 30.5 Å². The third-order valence-electron chi connectivity index (χ3n) is 3.79. The summed E-state index contributed by atoms with van der Waals surface area (Å²) in [4.78, 5) is 11.1. The highest BCUT2D eigenvalue weighted by Crippen LogP contribution is 2.20. The van der Waals surface area contributed by atoms with Gasteiger partial charge in [-0.2, -0.15) is 0 Å². The molecule has 2 aromatic rings. The number of aryl methyl sites for hydroxylation is 1. The number of thiazole rings is 1. The molecule has 1 atom stereocenters. The fourth-order valence-corrected chi connectivity index (χ4v) is 3.39. The largest absolute Gasteiger partial charge is 0.493 e. The van der Waals surface area contributed by atoms with Crippen LogP contribution in [0.5, 0.6) is 5.75 Å². The Morgan fingerprint density at radius 2 is 2.24 bits per heavy atom. The van der Waals surface area contributed by atoms with Crippen molar-refractivity contribution < 1.29 is 4.74 Å². The molecule has 0 radical (unpaired) electrons. The van der Waals surface area contributed by atoms with Gasteiger partial charge in [-0.3, -0.25) is 9.88 Å². The predicted molar refractivity (Wildman–Crippen MR) is 84.6 cm³/mol. The highest BCUT2D eigenvalue weighted by molar-refractivity contribution is 7.09. The van der Waals surface area contributed by atoms with Crippen LogP contribution in [-0.4, -0.2) is 34.6 Å². The van der Waals surface area contributed by atoms with Gasteiger partial charge in [-0.1, -0.05) is 0 Å². The molecule has 112 valence electrons. The zero-order valence-corrected chi connectivity index (χ0v) is 13.2. The first-order valence-electron chi connectivity index (χ1n) is 7.46. The average Bonchev–Trinajstić information content (AvgIpc) is 2.92. The number of rotatable bonds is 5. The fourth-order valence-electron chi connectivity index (χ4n) is 2.79. The second kappa shape index (κ2) is 7.00. The maximum Gasteiger partial charge on any atom is 0.122 e. The van der Waals surface area contributed by atoms with Crippen molar-refractivity contribution in [3.05, 3.63) is 40.6 Å². The molecule has 1 aliphatic rings. The van der Waals surface area contributed by atoms with Gasteiger partial charge in [-0.15, -0.1) is 11.3 Å². The summed E-state index contributed by atoms with van der Waals surface area (Å²) in [5.74, 6) is 1.52. The predicted octanol–water partition coefficient (Wildman–Crippen LogP) is 3.14. The van der Waals surface area contributed by atoms with Crippen LogP contribution in [0.2, 0.25) is 0 Å². The van der Waals surface area contributed by atoms with Crippen molar-refractivity contribution in [2.45, 2.75) is 26.3 Å². The van der Waals surface area contributed by atoms with E-state index >= 15 is 0 Å². The van der Waals surface area contributed by atoms with E-state index in [-0.39, 0.29) is 0 Å². The molecule has 0 saturated carbocycles. The molecule has 3 rings (SSSR count). The van der Waals surface area contributed by atoms with E-state index in [0.29, 0.717) is 5.92 Å². The molecule has 1 fully saturated rings. The third-order valence-corrected chi connectivity index (χ3v) is 4.61. The van der Waals surface area contributed by atoms with Gasteiger partial charge in [0.1, 0.15) is 5.75 Å². The summed E-state index contributed by atoms with van der Waals surface area (Å²) in [6, 6.07) is 3.83. The molecule has 1 saturated heterocycles. The zero-order chi connectivity index (χ0) is 14.5. The van der Waals surface area contributed by atoms with Crippen molar-refractivity contribution in [3.63, 3.8) is 0 Å². The minimum absolute atomic E-state index is 0.603. The van der Waals surface area contributed by atoms with Gasteiger partial charge in [0.15, 0.2) is 0 Å². The Morgan fingerprint density at radius 1 is 1.38 bits per heavy atom. The number of hydrogen-bond donors (Lipinski definition) is 0. The van der Waals surface area contributed by atoms with Gasteiger partial charge in [0.2, 0.25) is 0 Å². The molecule has 0 amide bonds. The minimum atomic E-state index is 0.603. The summed E-state index contributed by atoms with van der Waals surface area (Å²) in [5.41, 5.74) is 1.20. The highest BCUT2D eigenvalue weighted by Gasteiger charge is 2.21. The van der Waals surface area contributed by atoms with Crippen LogP contribution in [0.25, 0.3) is 0 Å². The van der Waals surface area contributed by atoms with Crippen LogP contribution >= 0.6 is 11.3 Å². The monoisotopic (exact) mass is 303 g/mol. The number of aromatic nitrogens is 2. The Bertz CT molecular complexity index is 558. The van der Waals surface area contributed by atoms with Gasteiger partial charge in [-0.05, 0) is 38.4 Å². The van der Waals surface area contributed by atoms with Crippen LogP contribution in [0.4, 0.5) is 0 Å². The number of pyridine rings is 1. The van der Waals surface area contributed by atoms with Crippen molar-refractivity contribution in [1.82, 2.24) is 14.9 Å². The lowest BCUT2D eigenvalue weighted by molar-refractivity contribution is 0.124. The fraction of sp³-hybridized carbons (Fsp3) is 0.500. The molecule has 0 spiro atoms. The smallest absolute Gasteiger partial charge is 0.122 e. The molecule has 5 heteroatoms. The van der Waals surface area contributed by atoms with Crippen molar-refractivity contribution in [3.8, 4) is 5.75 Å². The standard InChI is InChI=1S/C16H21N3OS/c1-13-18-15(12-21-13)10-19-8-2-3-14(9-19)11-20-16-4-6-17-7-5-16/h4-7,12,14H,2-3,8-11H2,1H3. The number of ether oxygens (including phenoxy) is 1. The second-order valence-corrected chi connectivity index (χ2v) is 6.66. The highest BCUT2D eigenvalue weighted by atomic mass is 32.1. The molecular formula is C16H21N3OS. The summed E-state index contributed by atoms with van der Waals surface area (Å²) >= 11 is 1.73. The van der Waals surface area contributed by atoms with Crippen LogP contribution < -0.4 is 4.74 Å². The Balaban J connectivity index is 1.49. The van der Waals surface area contributed by atoms with Crippen molar-refractivity contribution in [1.29, 1.82) is 0 Å². The van der Waals surface area contributed by atoms with Crippen molar-refractivity contribution in [2.75, 3.05) is 19.7 Å². The normalized spacial score (nSPS) is 19.6. The quantitative estimate of drug-likeness (QED) is 0.850. The van der Waals surface area contributed by atoms with E-state index in [9.17, 15) is 0 Å². The van der Waals surface area contributed by atoms with Gasteiger partial charge in [0.25, 0.3) is 0 Å². The number of nitrogens with zero attached hydrogens (tertiary/aromatic N) is 3. The minimum Gasteiger partial charge on any atom is -0.493 e. The molecule has 0 N–H and O–H groups in total. The van der Waals surface area contributed by atoms with Gasteiger partial charge >= 0.3 is 0 Å². The van der Waals surface area contributed by atoms with E-state index in [1.165, 1.54) is 25.1 Å². The number of piperidine rings is 1. The first kappa shape index (κ1) is 14.5. The molecule has 2 aromatic heterocycles. The number of likely N-dealkylation sites (tertiary alicyclic amines) is 1. The Labute approximate surface area is 129 Å². The third kappa shape index (κ3) is 4.25. The Hall–Kier alpha value is -1.46. The first-order valence-corrected chi connectivity index (χ1v) is 8.34. The molecule has 1 unspecified atom stereocenters. The first-order chi connectivity index (χ1) is 10.3. The Kier molecular flexibility index (Phi) is 4.83. The molecule has 3 heterocycles. The molecule has 21 heavy (non-hydrogen) atoms. The van der Waals surface area contributed by atoms with Gasteiger partial charge < -0.3 is 4.74 Å².